The number of benzene rings is 1. The Labute approximate surface area is 131 Å². The molecule has 0 aliphatic carbocycles. The van der Waals surface area contributed by atoms with Crippen LogP contribution < -0.4 is 5.32 Å². The van der Waals surface area contributed by atoms with Crippen LogP contribution in [0.15, 0.2) is 30.5 Å². The lowest BCUT2D eigenvalue weighted by Gasteiger charge is -2.31. The van der Waals surface area contributed by atoms with Gasteiger partial charge in [0.15, 0.2) is 0 Å². The molecule has 1 saturated heterocycles. The van der Waals surface area contributed by atoms with E-state index < -0.39 is 0 Å². The summed E-state index contributed by atoms with van der Waals surface area (Å²) >= 11 is 0. The molecule has 1 aromatic carbocycles. The number of rotatable bonds is 5. The Bertz CT molecular complexity index is 583. The third-order valence-corrected chi connectivity index (χ3v) is 4.10. The van der Waals surface area contributed by atoms with Gasteiger partial charge in [0.1, 0.15) is 0 Å². The Morgan fingerprint density at radius 1 is 1.09 bits per heavy atom. The fourth-order valence-electron chi connectivity index (χ4n) is 2.70. The van der Waals surface area contributed by atoms with Crippen molar-refractivity contribution in [2.45, 2.75) is 13.1 Å². The molecule has 0 amide bonds. The average Bonchev–Trinajstić information content (AvgIpc) is 2.99. The van der Waals surface area contributed by atoms with Crippen molar-refractivity contribution in [2.24, 2.45) is 0 Å². The van der Waals surface area contributed by atoms with Gasteiger partial charge in [-0.2, -0.15) is 0 Å². The molecule has 6 heteroatoms. The van der Waals surface area contributed by atoms with E-state index in [0.29, 0.717) is 0 Å². The quantitative estimate of drug-likeness (QED) is 0.882. The number of likely N-dealkylation sites (N-methyl/N-ethyl adjacent to an activating group) is 1. The maximum Gasteiger partial charge on any atom is 0.0971 e. The molecular formula is C16H24N6. The van der Waals surface area contributed by atoms with Gasteiger partial charge >= 0.3 is 0 Å². The number of nitrogens with zero attached hydrogens (tertiary/aromatic N) is 5. The molecule has 0 saturated carbocycles. The van der Waals surface area contributed by atoms with Gasteiger partial charge in [0.2, 0.25) is 0 Å². The van der Waals surface area contributed by atoms with Gasteiger partial charge in [-0.15, -0.1) is 5.10 Å². The highest BCUT2D eigenvalue weighted by molar-refractivity contribution is 5.33. The normalized spacial score (nSPS) is 17.0. The number of nitrogens with one attached hydrogen (secondary N) is 1. The highest BCUT2D eigenvalue weighted by atomic mass is 15.4. The topological polar surface area (TPSA) is 49.2 Å². The molecule has 0 spiro atoms. The average molecular weight is 300 g/mol. The van der Waals surface area contributed by atoms with E-state index in [-0.39, 0.29) is 0 Å². The Morgan fingerprint density at radius 2 is 1.82 bits per heavy atom. The summed E-state index contributed by atoms with van der Waals surface area (Å²) in [6, 6.07) is 8.41. The third-order valence-electron chi connectivity index (χ3n) is 4.10. The number of hydrogen-bond acceptors (Lipinski definition) is 5. The van der Waals surface area contributed by atoms with Gasteiger partial charge in [0.05, 0.1) is 17.6 Å². The van der Waals surface area contributed by atoms with Crippen LogP contribution in [0.3, 0.4) is 0 Å². The van der Waals surface area contributed by atoms with E-state index in [1.54, 1.807) is 0 Å². The zero-order valence-corrected chi connectivity index (χ0v) is 13.4. The van der Waals surface area contributed by atoms with Crippen molar-refractivity contribution in [1.82, 2.24) is 30.1 Å². The Morgan fingerprint density at radius 3 is 2.50 bits per heavy atom. The highest BCUT2D eigenvalue weighted by Gasteiger charge is 2.15. The van der Waals surface area contributed by atoms with Crippen LogP contribution in [0.25, 0.3) is 5.69 Å². The van der Waals surface area contributed by atoms with E-state index in [4.69, 9.17) is 0 Å². The second-order valence-corrected chi connectivity index (χ2v) is 5.93. The lowest BCUT2D eigenvalue weighted by Crippen LogP contribution is -2.43. The molecule has 1 aliphatic rings. The molecule has 1 N–H and O–H groups in total. The summed E-state index contributed by atoms with van der Waals surface area (Å²) in [5, 5.41) is 11.7. The molecule has 3 rings (SSSR count). The lowest BCUT2D eigenvalue weighted by molar-refractivity contribution is 0.147. The van der Waals surface area contributed by atoms with E-state index in [0.717, 1.165) is 50.6 Å². The molecule has 2 heterocycles. The van der Waals surface area contributed by atoms with Crippen LogP contribution in [0.2, 0.25) is 0 Å². The molecule has 0 atom stereocenters. The molecule has 2 aromatic rings. The van der Waals surface area contributed by atoms with Gasteiger partial charge in [-0.3, -0.25) is 4.90 Å². The zero-order valence-electron chi connectivity index (χ0n) is 13.4. The summed E-state index contributed by atoms with van der Waals surface area (Å²) in [6.07, 6.45) is 2.03. The summed E-state index contributed by atoms with van der Waals surface area (Å²) in [5.41, 5.74) is 3.35. The first-order valence-electron chi connectivity index (χ1n) is 7.80. The van der Waals surface area contributed by atoms with Crippen molar-refractivity contribution in [1.29, 1.82) is 0 Å². The molecule has 0 unspecified atom stereocenters. The van der Waals surface area contributed by atoms with Gasteiger partial charge < -0.3 is 10.2 Å². The van der Waals surface area contributed by atoms with Crippen LogP contribution in [-0.2, 0) is 13.1 Å². The van der Waals surface area contributed by atoms with E-state index in [2.05, 4.69) is 56.7 Å². The summed E-state index contributed by atoms with van der Waals surface area (Å²) < 4.78 is 1.86. The number of piperazine rings is 1. The number of hydrogen-bond donors (Lipinski definition) is 1. The lowest BCUT2D eigenvalue weighted by atomic mass is 10.2. The Balaban J connectivity index is 1.63. The second-order valence-electron chi connectivity index (χ2n) is 5.93. The van der Waals surface area contributed by atoms with Gasteiger partial charge in [0.25, 0.3) is 0 Å². The minimum Gasteiger partial charge on any atom is -0.316 e. The van der Waals surface area contributed by atoms with Crippen LogP contribution in [-0.4, -0.2) is 65.1 Å². The van der Waals surface area contributed by atoms with Gasteiger partial charge in [-0.1, -0.05) is 17.3 Å². The van der Waals surface area contributed by atoms with Crippen molar-refractivity contribution < 1.29 is 0 Å². The molecule has 1 fully saturated rings. The minimum atomic E-state index is 0.881. The van der Waals surface area contributed by atoms with Crippen LogP contribution >= 0.6 is 0 Å². The number of aromatic nitrogens is 3. The zero-order chi connectivity index (χ0) is 15.4. The van der Waals surface area contributed by atoms with Crippen molar-refractivity contribution in [3.05, 3.63) is 41.7 Å². The molecule has 0 bridgehead atoms. The largest absolute Gasteiger partial charge is 0.316 e. The smallest absolute Gasteiger partial charge is 0.0971 e. The monoisotopic (exact) mass is 300 g/mol. The first kappa shape index (κ1) is 15.1. The second kappa shape index (κ2) is 7.00. The SMILES string of the molecule is CNCc1ccc(-n2cc(CN3CCN(C)CC3)nn2)cc1. The Hall–Kier alpha value is -1.76. The Kier molecular flexibility index (Phi) is 4.82. The molecule has 6 nitrogen and oxygen atoms in total. The van der Waals surface area contributed by atoms with E-state index in [1.807, 2.05) is 17.9 Å². The van der Waals surface area contributed by atoms with Gasteiger partial charge in [-0.05, 0) is 31.8 Å². The molecule has 22 heavy (non-hydrogen) atoms. The summed E-state index contributed by atoms with van der Waals surface area (Å²) in [5.74, 6) is 0. The third kappa shape index (κ3) is 3.71. The van der Waals surface area contributed by atoms with Crippen LogP contribution in [0.4, 0.5) is 0 Å². The standard InChI is InChI=1S/C16H24N6/c1-17-11-14-3-5-16(6-4-14)22-13-15(18-19-22)12-21-9-7-20(2)8-10-21/h3-6,13,17H,7-12H2,1-2H3. The van der Waals surface area contributed by atoms with E-state index in [9.17, 15) is 0 Å². The van der Waals surface area contributed by atoms with Crippen molar-refractivity contribution in [3.8, 4) is 5.69 Å². The van der Waals surface area contributed by atoms with Crippen LogP contribution in [0.5, 0.6) is 0 Å². The van der Waals surface area contributed by atoms with Gasteiger partial charge in [0, 0.05) is 39.3 Å². The predicted octanol–water partition coefficient (Wildman–Crippen LogP) is 0.734. The summed E-state index contributed by atoms with van der Waals surface area (Å²) in [6.45, 7) is 6.21. The fraction of sp³-hybridized carbons (Fsp3) is 0.500. The summed E-state index contributed by atoms with van der Waals surface area (Å²) in [4.78, 5) is 4.80. The maximum absolute atomic E-state index is 4.31. The van der Waals surface area contributed by atoms with E-state index in [1.165, 1.54) is 5.56 Å². The first-order valence-corrected chi connectivity index (χ1v) is 7.80. The molecule has 1 aliphatic heterocycles. The first-order chi connectivity index (χ1) is 10.7. The maximum atomic E-state index is 4.31. The molecule has 0 radical (unpaired) electrons. The summed E-state index contributed by atoms with van der Waals surface area (Å²) in [7, 11) is 4.13. The van der Waals surface area contributed by atoms with Crippen molar-refractivity contribution in [2.75, 3.05) is 40.3 Å². The van der Waals surface area contributed by atoms with Crippen LogP contribution in [0.1, 0.15) is 11.3 Å². The van der Waals surface area contributed by atoms with Gasteiger partial charge in [-0.25, -0.2) is 4.68 Å². The van der Waals surface area contributed by atoms with Crippen LogP contribution in [0, 0.1) is 0 Å². The molecular weight excluding hydrogens is 276 g/mol. The van der Waals surface area contributed by atoms with Crippen molar-refractivity contribution >= 4 is 0 Å². The van der Waals surface area contributed by atoms with E-state index >= 15 is 0 Å². The molecule has 118 valence electrons. The predicted molar refractivity (Wildman–Crippen MR) is 86.9 cm³/mol. The molecule has 1 aromatic heterocycles. The highest BCUT2D eigenvalue weighted by Crippen LogP contribution is 2.11. The minimum absolute atomic E-state index is 0.881. The van der Waals surface area contributed by atoms with Crippen molar-refractivity contribution in [3.63, 3.8) is 0 Å². The fourth-order valence-corrected chi connectivity index (χ4v) is 2.70.